The fourth-order valence-electron chi connectivity index (χ4n) is 3.04. The van der Waals surface area contributed by atoms with Crippen molar-refractivity contribution in [2.75, 3.05) is 6.54 Å². The SMILES string of the molecule is O=C(O)C[C@@H]1c2ccccc2CCN1S(=O)(=O)c1ccc(F)cc1. The fraction of sp³-hybridized carbons (Fsp3) is 0.235. The third kappa shape index (κ3) is 3.05. The summed E-state index contributed by atoms with van der Waals surface area (Å²) in [7, 11) is -3.91. The van der Waals surface area contributed by atoms with Crippen molar-refractivity contribution in [1.29, 1.82) is 0 Å². The molecule has 2 aromatic carbocycles. The predicted molar refractivity (Wildman–Crippen MR) is 85.4 cm³/mol. The smallest absolute Gasteiger partial charge is 0.305 e. The Morgan fingerprint density at radius 3 is 2.50 bits per heavy atom. The van der Waals surface area contributed by atoms with Crippen LogP contribution in [0.5, 0.6) is 0 Å². The Balaban J connectivity index is 2.05. The lowest BCUT2D eigenvalue weighted by molar-refractivity contribution is -0.138. The topological polar surface area (TPSA) is 74.7 Å². The second kappa shape index (κ2) is 6.33. The first-order chi connectivity index (χ1) is 11.4. The van der Waals surface area contributed by atoms with E-state index in [2.05, 4.69) is 0 Å². The highest BCUT2D eigenvalue weighted by atomic mass is 32.2. The minimum Gasteiger partial charge on any atom is -0.481 e. The van der Waals surface area contributed by atoms with Crippen LogP contribution in [0.1, 0.15) is 23.6 Å². The van der Waals surface area contributed by atoms with Gasteiger partial charge >= 0.3 is 5.97 Å². The predicted octanol–water partition coefficient (Wildman–Crippen LogP) is 2.59. The summed E-state index contributed by atoms with van der Waals surface area (Å²) < 4.78 is 40.1. The molecule has 1 N–H and O–H groups in total. The van der Waals surface area contributed by atoms with Gasteiger partial charge in [0.25, 0.3) is 0 Å². The molecule has 5 nitrogen and oxygen atoms in total. The van der Waals surface area contributed by atoms with E-state index in [4.69, 9.17) is 0 Å². The van der Waals surface area contributed by atoms with Gasteiger partial charge in [-0.25, -0.2) is 12.8 Å². The molecule has 7 heteroatoms. The summed E-state index contributed by atoms with van der Waals surface area (Å²) in [5, 5.41) is 9.21. The van der Waals surface area contributed by atoms with Gasteiger partial charge in [0.2, 0.25) is 10.0 Å². The van der Waals surface area contributed by atoms with E-state index in [0.29, 0.717) is 12.0 Å². The number of fused-ring (bicyclic) bond motifs is 1. The molecule has 0 radical (unpaired) electrons. The average molecular weight is 349 g/mol. The molecule has 0 aliphatic carbocycles. The maximum Gasteiger partial charge on any atom is 0.305 e. The van der Waals surface area contributed by atoms with Crippen molar-refractivity contribution in [3.8, 4) is 0 Å². The number of hydrogen-bond donors (Lipinski definition) is 1. The number of carboxylic acids is 1. The monoisotopic (exact) mass is 349 g/mol. The first-order valence-corrected chi connectivity index (χ1v) is 8.90. The number of halogens is 1. The lowest BCUT2D eigenvalue weighted by Crippen LogP contribution is -2.40. The fourth-order valence-corrected chi connectivity index (χ4v) is 4.64. The molecule has 1 aliphatic heterocycles. The standard InChI is InChI=1S/C17H16FNO4S/c18-13-5-7-14(8-6-13)24(22,23)19-10-9-12-3-1-2-4-15(12)16(19)11-17(20)21/h1-8,16H,9-11H2,(H,20,21)/t16-/m1/s1. The van der Waals surface area contributed by atoms with Gasteiger partial charge in [-0.05, 0) is 41.8 Å². The Morgan fingerprint density at radius 1 is 1.17 bits per heavy atom. The third-order valence-electron chi connectivity index (χ3n) is 4.15. The molecule has 3 rings (SSSR count). The van der Waals surface area contributed by atoms with Gasteiger partial charge in [0.1, 0.15) is 5.82 Å². The maximum absolute atomic E-state index is 13.1. The van der Waals surface area contributed by atoms with Crippen molar-refractivity contribution in [1.82, 2.24) is 4.31 Å². The van der Waals surface area contributed by atoms with Crippen LogP contribution < -0.4 is 0 Å². The minimum absolute atomic E-state index is 0.0429. The normalized spacial score (nSPS) is 18.1. The number of carbonyl (C=O) groups is 1. The molecule has 24 heavy (non-hydrogen) atoms. The van der Waals surface area contributed by atoms with Crippen LogP contribution in [0, 0.1) is 5.82 Å². The summed E-state index contributed by atoms with van der Waals surface area (Å²) in [4.78, 5) is 11.2. The van der Waals surface area contributed by atoms with Gasteiger partial charge in [0.05, 0.1) is 17.4 Å². The van der Waals surface area contributed by atoms with Crippen molar-refractivity contribution in [3.05, 3.63) is 65.5 Å². The molecule has 0 fully saturated rings. The van der Waals surface area contributed by atoms with Crippen molar-refractivity contribution in [2.24, 2.45) is 0 Å². The van der Waals surface area contributed by atoms with Crippen LogP contribution in [0.3, 0.4) is 0 Å². The summed E-state index contributed by atoms with van der Waals surface area (Å²) >= 11 is 0. The summed E-state index contributed by atoms with van der Waals surface area (Å²) in [5.41, 5.74) is 1.66. The van der Waals surface area contributed by atoms with Crippen LogP contribution in [0.15, 0.2) is 53.4 Å². The molecular weight excluding hydrogens is 333 g/mol. The lowest BCUT2D eigenvalue weighted by Gasteiger charge is -2.35. The van der Waals surface area contributed by atoms with Crippen LogP contribution in [0.4, 0.5) is 4.39 Å². The molecule has 0 amide bonds. The summed E-state index contributed by atoms with van der Waals surface area (Å²) in [6.45, 7) is 0.189. The number of nitrogens with zero attached hydrogens (tertiary/aromatic N) is 1. The van der Waals surface area contributed by atoms with Crippen molar-refractivity contribution in [2.45, 2.75) is 23.8 Å². The molecule has 0 aromatic heterocycles. The zero-order valence-electron chi connectivity index (χ0n) is 12.7. The highest BCUT2D eigenvalue weighted by Crippen LogP contribution is 2.36. The minimum atomic E-state index is -3.91. The van der Waals surface area contributed by atoms with E-state index in [1.165, 1.54) is 16.4 Å². The maximum atomic E-state index is 13.1. The van der Waals surface area contributed by atoms with Crippen molar-refractivity contribution < 1.29 is 22.7 Å². The van der Waals surface area contributed by atoms with Crippen molar-refractivity contribution in [3.63, 3.8) is 0 Å². The summed E-state index contributed by atoms with van der Waals surface area (Å²) in [6, 6.07) is 11.0. The number of sulfonamides is 1. The van der Waals surface area contributed by atoms with Crippen LogP contribution in [0.25, 0.3) is 0 Å². The summed E-state index contributed by atoms with van der Waals surface area (Å²) in [6.07, 6.45) is 0.185. The molecule has 0 spiro atoms. The van der Waals surface area contributed by atoms with E-state index in [-0.39, 0.29) is 17.9 Å². The Bertz CT molecular complexity index is 864. The molecule has 1 atom stereocenters. The van der Waals surface area contributed by atoms with Crippen molar-refractivity contribution >= 4 is 16.0 Å². The zero-order valence-corrected chi connectivity index (χ0v) is 13.5. The summed E-state index contributed by atoms with van der Waals surface area (Å²) in [5.74, 6) is -1.60. The van der Waals surface area contributed by atoms with Gasteiger partial charge in [0.15, 0.2) is 0 Å². The zero-order chi connectivity index (χ0) is 17.3. The largest absolute Gasteiger partial charge is 0.481 e. The molecule has 2 aromatic rings. The molecule has 1 heterocycles. The highest BCUT2D eigenvalue weighted by Gasteiger charge is 2.37. The van der Waals surface area contributed by atoms with Crippen LogP contribution in [-0.4, -0.2) is 30.3 Å². The Morgan fingerprint density at radius 2 is 1.83 bits per heavy atom. The number of rotatable bonds is 4. The average Bonchev–Trinajstić information content (AvgIpc) is 2.55. The van der Waals surface area contributed by atoms with E-state index >= 15 is 0 Å². The molecule has 0 saturated heterocycles. The molecular formula is C17H16FNO4S. The quantitative estimate of drug-likeness (QED) is 0.921. The molecule has 1 aliphatic rings. The molecule has 0 saturated carbocycles. The van der Waals surface area contributed by atoms with E-state index in [9.17, 15) is 22.7 Å². The Hall–Kier alpha value is -2.25. The van der Waals surface area contributed by atoms with Crippen LogP contribution >= 0.6 is 0 Å². The van der Waals surface area contributed by atoms with Gasteiger partial charge in [-0.3, -0.25) is 4.79 Å². The molecule has 0 unspecified atom stereocenters. The molecule has 126 valence electrons. The van der Waals surface area contributed by atoms with E-state index in [0.717, 1.165) is 17.7 Å². The first kappa shape index (κ1) is 16.6. The number of aliphatic carboxylic acids is 1. The first-order valence-electron chi connectivity index (χ1n) is 7.46. The van der Waals surface area contributed by atoms with Gasteiger partial charge < -0.3 is 5.11 Å². The number of hydrogen-bond acceptors (Lipinski definition) is 3. The highest BCUT2D eigenvalue weighted by molar-refractivity contribution is 7.89. The second-order valence-corrected chi connectivity index (χ2v) is 7.52. The van der Waals surface area contributed by atoms with Crippen LogP contribution in [0.2, 0.25) is 0 Å². The van der Waals surface area contributed by atoms with Gasteiger partial charge in [0, 0.05) is 6.54 Å². The Labute approximate surface area is 139 Å². The molecule has 0 bridgehead atoms. The Kier molecular flexibility index (Phi) is 4.38. The number of benzene rings is 2. The second-order valence-electron chi connectivity index (χ2n) is 5.63. The van der Waals surface area contributed by atoms with E-state index in [1.54, 1.807) is 12.1 Å². The van der Waals surface area contributed by atoms with Crippen LogP contribution in [-0.2, 0) is 21.2 Å². The van der Waals surface area contributed by atoms with E-state index < -0.39 is 27.9 Å². The van der Waals surface area contributed by atoms with Gasteiger partial charge in [-0.1, -0.05) is 24.3 Å². The lowest BCUT2D eigenvalue weighted by atomic mass is 9.92. The van der Waals surface area contributed by atoms with Gasteiger partial charge in [-0.15, -0.1) is 0 Å². The third-order valence-corrected chi connectivity index (χ3v) is 6.07. The van der Waals surface area contributed by atoms with Gasteiger partial charge in [-0.2, -0.15) is 4.31 Å². The number of carboxylic acid groups (broad SMARTS) is 1. The van der Waals surface area contributed by atoms with E-state index in [1.807, 2.05) is 12.1 Å².